The maximum absolute atomic E-state index is 5.45. The van der Waals surface area contributed by atoms with Crippen LogP contribution < -0.4 is 0 Å². The summed E-state index contributed by atoms with van der Waals surface area (Å²) in [5, 5.41) is 0. The molecule has 0 unspecified atom stereocenters. The maximum atomic E-state index is 5.45. The van der Waals surface area contributed by atoms with Crippen molar-refractivity contribution >= 4 is 17.4 Å². The van der Waals surface area contributed by atoms with Crippen molar-refractivity contribution in [3.63, 3.8) is 0 Å². The minimum Gasteiger partial charge on any atom is -0.467 e. The van der Waals surface area contributed by atoms with Gasteiger partial charge in [0.1, 0.15) is 5.76 Å². The molecule has 2 aliphatic rings. The summed E-state index contributed by atoms with van der Waals surface area (Å²) in [6.45, 7) is 4.28. The fourth-order valence-corrected chi connectivity index (χ4v) is 3.70. The number of hydrogen-bond donors (Lipinski definition) is 1. The molecular weight excluding hydrogens is 350 g/mol. The van der Waals surface area contributed by atoms with E-state index in [4.69, 9.17) is 4.42 Å². The molecule has 140 valence electrons. The molecule has 4 heterocycles. The van der Waals surface area contributed by atoms with Gasteiger partial charge >= 0.3 is 0 Å². The van der Waals surface area contributed by atoms with Crippen molar-refractivity contribution in [2.24, 2.45) is 4.99 Å². The second-order valence-corrected chi connectivity index (χ2v) is 7.14. The number of benzene rings is 1. The number of nitrogens with zero attached hydrogens (tertiary/aromatic N) is 4. The molecule has 6 heteroatoms. The maximum Gasteiger partial charge on any atom is 0.183 e. The van der Waals surface area contributed by atoms with Crippen LogP contribution in [-0.4, -0.2) is 52.3 Å². The summed E-state index contributed by atoms with van der Waals surface area (Å²) in [6, 6.07) is 11.9. The number of furan rings is 1. The number of fused-ring (bicyclic) bond motifs is 1. The SMILES string of the molecule is C(#Cc1nc2ccccc2[nH]1)CN1CCC2=C(CN(Cc3ccco3)C=N2)C1. The van der Waals surface area contributed by atoms with Gasteiger partial charge in [-0.2, -0.15) is 0 Å². The Balaban J connectivity index is 1.21. The Bertz CT molecular complexity index is 1060. The van der Waals surface area contributed by atoms with Crippen LogP contribution in [0.2, 0.25) is 0 Å². The zero-order valence-electron chi connectivity index (χ0n) is 15.6. The lowest BCUT2D eigenvalue weighted by Crippen LogP contribution is -2.38. The Labute approximate surface area is 163 Å². The second kappa shape index (κ2) is 7.37. The average molecular weight is 371 g/mol. The van der Waals surface area contributed by atoms with E-state index in [-0.39, 0.29) is 0 Å². The van der Waals surface area contributed by atoms with E-state index in [9.17, 15) is 0 Å². The van der Waals surface area contributed by atoms with Crippen molar-refractivity contribution in [2.45, 2.75) is 13.0 Å². The van der Waals surface area contributed by atoms with E-state index >= 15 is 0 Å². The molecule has 0 aliphatic carbocycles. The van der Waals surface area contributed by atoms with Crippen molar-refractivity contribution < 1.29 is 4.42 Å². The van der Waals surface area contributed by atoms with E-state index in [0.29, 0.717) is 0 Å². The third-order valence-electron chi connectivity index (χ3n) is 5.10. The van der Waals surface area contributed by atoms with Gasteiger partial charge in [-0.25, -0.2) is 9.98 Å². The van der Waals surface area contributed by atoms with Crippen LogP contribution in [0.3, 0.4) is 0 Å². The minimum absolute atomic E-state index is 0.727. The highest BCUT2D eigenvalue weighted by Crippen LogP contribution is 2.23. The number of nitrogens with one attached hydrogen (secondary N) is 1. The van der Waals surface area contributed by atoms with Gasteiger partial charge in [-0.3, -0.25) is 4.90 Å². The zero-order valence-corrected chi connectivity index (χ0v) is 15.6. The van der Waals surface area contributed by atoms with Crippen molar-refractivity contribution in [1.82, 2.24) is 19.8 Å². The minimum atomic E-state index is 0.727. The van der Waals surface area contributed by atoms with Crippen LogP contribution in [0, 0.1) is 11.8 Å². The summed E-state index contributed by atoms with van der Waals surface area (Å²) in [7, 11) is 0. The molecule has 3 aromatic rings. The van der Waals surface area contributed by atoms with Crippen LogP contribution in [0.15, 0.2) is 63.3 Å². The molecule has 5 rings (SSSR count). The molecule has 2 aliphatic heterocycles. The summed E-state index contributed by atoms with van der Waals surface area (Å²) in [5.41, 5.74) is 4.59. The Kier molecular flexibility index (Phi) is 4.43. The first-order valence-corrected chi connectivity index (χ1v) is 9.51. The van der Waals surface area contributed by atoms with Crippen LogP contribution in [0.25, 0.3) is 11.0 Å². The quantitative estimate of drug-likeness (QED) is 0.719. The predicted octanol–water partition coefficient (Wildman–Crippen LogP) is 3.01. The molecule has 1 aromatic carbocycles. The second-order valence-electron chi connectivity index (χ2n) is 7.14. The van der Waals surface area contributed by atoms with Gasteiger partial charge < -0.3 is 14.3 Å². The molecule has 1 N–H and O–H groups in total. The number of hydrogen-bond acceptors (Lipinski definition) is 5. The summed E-state index contributed by atoms with van der Waals surface area (Å²) >= 11 is 0. The predicted molar refractivity (Wildman–Crippen MR) is 109 cm³/mol. The normalized spacial score (nSPS) is 16.9. The number of para-hydroxylation sites is 2. The van der Waals surface area contributed by atoms with Gasteiger partial charge in [0, 0.05) is 31.8 Å². The van der Waals surface area contributed by atoms with E-state index in [1.54, 1.807) is 6.26 Å². The van der Waals surface area contributed by atoms with Gasteiger partial charge in [0.25, 0.3) is 0 Å². The summed E-state index contributed by atoms with van der Waals surface area (Å²) in [6.07, 6.45) is 4.63. The van der Waals surface area contributed by atoms with E-state index in [1.165, 1.54) is 11.3 Å². The lowest BCUT2D eigenvalue weighted by atomic mass is 10.0. The summed E-state index contributed by atoms with van der Waals surface area (Å²) in [5.74, 6) is 8.12. The lowest BCUT2D eigenvalue weighted by molar-refractivity contribution is 0.296. The van der Waals surface area contributed by atoms with Crippen LogP contribution in [0.5, 0.6) is 0 Å². The molecule has 2 aromatic heterocycles. The van der Waals surface area contributed by atoms with Crippen molar-refractivity contribution in [3.05, 3.63) is 65.5 Å². The first-order valence-electron chi connectivity index (χ1n) is 9.51. The Morgan fingerprint density at radius 2 is 2.11 bits per heavy atom. The van der Waals surface area contributed by atoms with Gasteiger partial charge in [0.05, 0.1) is 36.7 Å². The number of aromatic amines is 1. The third kappa shape index (κ3) is 3.57. The van der Waals surface area contributed by atoms with Crippen LogP contribution >= 0.6 is 0 Å². The number of imidazole rings is 1. The molecule has 28 heavy (non-hydrogen) atoms. The molecule has 0 radical (unpaired) electrons. The monoisotopic (exact) mass is 371 g/mol. The highest BCUT2D eigenvalue weighted by atomic mass is 16.3. The van der Waals surface area contributed by atoms with E-state index in [1.807, 2.05) is 42.7 Å². The summed E-state index contributed by atoms with van der Waals surface area (Å²) < 4.78 is 5.45. The molecule has 0 spiro atoms. The molecule has 0 atom stereocenters. The van der Waals surface area contributed by atoms with Gasteiger partial charge in [-0.05, 0) is 35.8 Å². The van der Waals surface area contributed by atoms with Gasteiger partial charge in [-0.15, -0.1) is 0 Å². The Morgan fingerprint density at radius 1 is 1.14 bits per heavy atom. The highest BCUT2D eigenvalue weighted by Gasteiger charge is 2.22. The van der Waals surface area contributed by atoms with Gasteiger partial charge in [0.15, 0.2) is 5.82 Å². The highest BCUT2D eigenvalue weighted by molar-refractivity contribution is 5.75. The molecule has 0 saturated carbocycles. The van der Waals surface area contributed by atoms with Crippen LogP contribution in [0.1, 0.15) is 18.0 Å². The molecule has 6 nitrogen and oxygen atoms in total. The van der Waals surface area contributed by atoms with Crippen molar-refractivity contribution in [2.75, 3.05) is 26.2 Å². The fraction of sp³-hybridized carbons (Fsp3) is 0.273. The van der Waals surface area contributed by atoms with Crippen LogP contribution in [-0.2, 0) is 6.54 Å². The Morgan fingerprint density at radius 3 is 3.00 bits per heavy atom. The average Bonchev–Trinajstić information content (AvgIpc) is 3.37. The molecule has 0 fully saturated rings. The molecule has 0 amide bonds. The van der Waals surface area contributed by atoms with Crippen molar-refractivity contribution in [1.29, 1.82) is 0 Å². The first-order chi connectivity index (χ1) is 13.8. The van der Waals surface area contributed by atoms with Crippen molar-refractivity contribution in [3.8, 4) is 11.8 Å². The first kappa shape index (κ1) is 16.8. The molecular formula is C22H21N5O. The number of aromatic nitrogens is 2. The van der Waals surface area contributed by atoms with E-state index in [2.05, 4.69) is 36.6 Å². The number of aliphatic imine (C=N–C) groups is 1. The van der Waals surface area contributed by atoms with Gasteiger partial charge in [-0.1, -0.05) is 18.1 Å². The number of H-pyrrole nitrogens is 1. The number of rotatable bonds is 3. The van der Waals surface area contributed by atoms with E-state index in [0.717, 1.165) is 61.8 Å². The third-order valence-corrected chi connectivity index (χ3v) is 5.10. The zero-order chi connectivity index (χ0) is 18.8. The van der Waals surface area contributed by atoms with E-state index < -0.39 is 0 Å². The molecule has 0 bridgehead atoms. The largest absolute Gasteiger partial charge is 0.467 e. The Hall–Kier alpha value is -3.30. The topological polar surface area (TPSA) is 60.7 Å². The fourth-order valence-electron chi connectivity index (χ4n) is 3.70. The van der Waals surface area contributed by atoms with Gasteiger partial charge in [0.2, 0.25) is 0 Å². The molecule has 0 saturated heterocycles. The smallest absolute Gasteiger partial charge is 0.183 e. The lowest BCUT2D eigenvalue weighted by Gasteiger charge is -2.33. The standard InChI is InChI=1S/C22H21N5O/c1-2-7-21-20(6-1)24-22(25-21)8-3-10-26-11-9-19-17(13-26)14-27(16-23-19)15-18-5-4-12-28-18/h1-2,4-7,12,16H,9-11,13-15H2,(H,24,25). The summed E-state index contributed by atoms with van der Waals surface area (Å²) in [4.78, 5) is 17.0. The van der Waals surface area contributed by atoms with Crippen LogP contribution in [0.4, 0.5) is 0 Å².